The summed E-state index contributed by atoms with van der Waals surface area (Å²) < 4.78 is 37.1. The fraction of sp³-hybridized carbons (Fsp3) is 0.368. The van der Waals surface area contributed by atoms with Crippen LogP contribution < -0.4 is 28.4 Å². The van der Waals surface area contributed by atoms with Gasteiger partial charge in [-0.15, -0.1) is 0 Å². The van der Waals surface area contributed by atoms with E-state index in [-0.39, 0.29) is 12.1 Å². The largest absolute Gasteiger partial charge is 0.493 e. The van der Waals surface area contributed by atoms with Crippen LogP contribution in [0.2, 0.25) is 0 Å². The van der Waals surface area contributed by atoms with E-state index in [9.17, 15) is 0 Å². The van der Waals surface area contributed by atoms with Crippen LogP contribution in [-0.4, -0.2) is 65.4 Å². The molecule has 0 saturated heterocycles. The highest BCUT2D eigenvalue weighted by Crippen LogP contribution is 2.52. The van der Waals surface area contributed by atoms with E-state index in [2.05, 4.69) is 66.4 Å². The molecule has 5 aliphatic heterocycles. The monoisotopic (exact) mass is 622 g/mol. The zero-order valence-corrected chi connectivity index (χ0v) is 27.5. The molecule has 0 radical (unpaired) electrons. The van der Waals surface area contributed by atoms with Gasteiger partial charge in [-0.25, -0.2) is 0 Å². The van der Waals surface area contributed by atoms with Crippen LogP contribution >= 0.6 is 0 Å². The SMILES string of the molecule is COc1ccc2cc1Oc1ccc(cc1)C[C@H]1c3cc(OC)c(cc3CCN1C)Oc1c(OC)c(OC)cc3c1C(C2)N(C)CC3. The molecule has 1 unspecified atom stereocenters. The summed E-state index contributed by atoms with van der Waals surface area (Å²) in [7, 11) is 11.1. The van der Waals surface area contributed by atoms with Crippen LogP contribution in [-0.2, 0) is 25.7 Å². The molecule has 2 atom stereocenters. The van der Waals surface area contributed by atoms with Crippen LogP contribution in [0, 0.1) is 0 Å². The summed E-state index contributed by atoms with van der Waals surface area (Å²) in [6.07, 6.45) is 3.37. The van der Waals surface area contributed by atoms with Gasteiger partial charge in [0, 0.05) is 30.7 Å². The quantitative estimate of drug-likeness (QED) is 0.238. The molecule has 0 spiro atoms. The highest BCUT2D eigenvalue weighted by molar-refractivity contribution is 5.64. The molecule has 4 aromatic carbocycles. The van der Waals surface area contributed by atoms with Crippen molar-refractivity contribution in [3.8, 4) is 46.0 Å². The first-order chi connectivity index (χ1) is 22.4. The molecule has 0 fully saturated rings. The predicted octanol–water partition coefficient (Wildman–Crippen LogP) is 7.16. The summed E-state index contributed by atoms with van der Waals surface area (Å²) in [6.45, 7) is 1.85. The molecule has 4 aromatic rings. The fourth-order valence-electron chi connectivity index (χ4n) is 7.28. The lowest BCUT2D eigenvalue weighted by Gasteiger charge is -2.37. The number of methoxy groups -OCH3 is 4. The molecule has 0 aliphatic carbocycles. The van der Waals surface area contributed by atoms with E-state index in [1.807, 2.05) is 18.2 Å². The summed E-state index contributed by atoms with van der Waals surface area (Å²) in [5, 5.41) is 0. The summed E-state index contributed by atoms with van der Waals surface area (Å²) in [4.78, 5) is 4.81. The zero-order chi connectivity index (χ0) is 31.9. The average Bonchev–Trinajstić information content (AvgIpc) is 3.07. The first-order valence-electron chi connectivity index (χ1n) is 15.9. The smallest absolute Gasteiger partial charge is 0.204 e. The van der Waals surface area contributed by atoms with E-state index in [0.29, 0.717) is 40.2 Å². The topological polar surface area (TPSA) is 61.9 Å². The van der Waals surface area contributed by atoms with Crippen molar-refractivity contribution in [1.29, 1.82) is 0 Å². The van der Waals surface area contributed by atoms with Crippen LogP contribution in [0.15, 0.2) is 60.7 Å². The van der Waals surface area contributed by atoms with Crippen molar-refractivity contribution in [2.75, 3.05) is 55.6 Å². The van der Waals surface area contributed by atoms with Crippen molar-refractivity contribution in [1.82, 2.24) is 9.80 Å². The maximum atomic E-state index is 6.98. The molecule has 0 aromatic heterocycles. The van der Waals surface area contributed by atoms with Crippen LogP contribution in [0.4, 0.5) is 0 Å². The molecule has 0 N–H and O–H groups in total. The lowest BCUT2D eigenvalue weighted by Crippen LogP contribution is -2.34. The predicted molar refractivity (Wildman–Crippen MR) is 178 cm³/mol. The first kappa shape index (κ1) is 30.3. The summed E-state index contributed by atoms with van der Waals surface area (Å²) in [6, 6.07) is 21.2. The van der Waals surface area contributed by atoms with Gasteiger partial charge in [0.1, 0.15) is 5.75 Å². The number of ether oxygens (including phenoxy) is 6. The number of benzene rings is 4. The van der Waals surface area contributed by atoms with Gasteiger partial charge < -0.3 is 28.4 Å². The Hall–Kier alpha value is -4.40. The van der Waals surface area contributed by atoms with Gasteiger partial charge in [0.05, 0.1) is 28.4 Å². The van der Waals surface area contributed by atoms with Crippen molar-refractivity contribution < 1.29 is 28.4 Å². The molecule has 8 heteroatoms. The second-order valence-corrected chi connectivity index (χ2v) is 12.5. The van der Waals surface area contributed by atoms with E-state index >= 15 is 0 Å². The van der Waals surface area contributed by atoms with Crippen LogP contribution in [0.1, 0.15) is 45.5 Å². The van der Waals surface area contributed by atoms with E-state index in [1.165, 1.54) is 22.3 Å². The number of rotatable bonds is 4. The summed E-state index contributed by atoms with van der Waals surface area (Å²) in [5.41, 5.74) is 7.16. The Morgan fingerprint density at radius 3 is 1.98 bits per heavy atom. The van der Waals surface area contributed by atoms with E-state index in [0.717, 1.165) is 55.6 Å². The Morgan fingerprint density at radius 1 is 0.609 bits per heavy atom. The highest BCUT2D eigenvalue weighted by Gasteiger charge is 2.34. The van der Waals surface area contributed by atoms with Gasteiger partial charge in [-0.2, -0.15) is 0 Å². The lowest BCUT2D eigenvalue weighted by atomic mass is 9.87. The molecular weight excluding hydrogens is 580 g/mol. The molecular formula is C38H42N2O6. The minimum absolute atomic E-state index is 0.00261. The molecule has 46 heavy (non-hydrogen) atoms. The van der Waals surface area contributed by atoms with Crippen molar-refractivity contribution in [2.24, 2.45) is 0 Å². The molecule has 0 saturated carbocycles. The maximum absolute atomic E-state index is 6.98. The normalized spacial score (nSPS) is 19.2. The molecule has 8 bridgehead atoms. The number of likely N-dealkylation sites (N-methyl/N-ethyl adjacent to an activating group) is 2. The van der Waals surface area contributed by atoms with E-state index in [4.69, 9.17) is 28.4 Å². The standard InChI is InChI=1S/C38H42N2O6/c1-39-15-13-25-20-34-32(42-4)22-28(25)29(39)17-23-7-10-27(11-8-23)45-33-19-24(9-12-31(33)41-3)18-30-36-26(14-16-40(30)2)21-35(43-5)37(44-6)38(36)46-34/h7-12,19-22,29-30H,13-18H2,1-6H3/t29-,30?/m0/s1. The van der Waals surface area contributed by atoms with Crippen molar-refractivity contribution in [3.63, 3.8) is 0 Å². The fourth-order valence-corrected chi connectivity index (χ4v) is 7.28. The van der Waals surface area contributed by atoms with E-state index < -0.39 is 0 Å². The van der Waals surface area contributed by atoms with Crippen molar-refractivity contribution in [3.05, 3.63) is 94.0 Å². The molecule has 8 nitrogen and oxygen atoms in total. The van der Waals surface area contributed by atoms with Crippen molar-refractivity contribution >= 4 is 0 Å². The Bertz CT molecular complexity index is 1750. The first-order valence-corrected chi connectivity index (χ1v) is 15.9. The molecule has 9 rings (SSSR count). The summed E-state index contributed by atoms with van der Waals surface area (Å²) >= 11 is 0. The van der Waals surface area contributed by atoms with Gasteiger partial charge in [-0.05, 0) is 110 Å². The van der Waals surface area contributed by atoms with Crippen LogP contribution in [0.25, 0.3) is 0 Å². The van der Waals surface area contributed by atoms with Crippen LogP contribution in [0.5, 0.6) is 46.0 Å². The Kier molecular flexibility index (Phi) is 8.17. The zero-order valence-electron chi connectivity index (χ0n) is 27.5. The third-order valence-corrected chi connectivity index (χ3v) is 9.85. The summed E-state index contributed by atoms with van der Waals surface area (Å²) in [5.74, 6) is 5.41. The number of fused-ring (bicyclic) bond motifs is 1. The number of hydrogen-bond donors (Lipinski definition) is 0. The Balaban J connectivity index is 1.46. The molecule has 240 valence electrons. The Labute approximate surface area is 271 Å². The second-order valence-electron chi connectivity index (χ2n) is 12.5. The third kappa shape index (κ3) is 5.39. The average molecular weight is 623 g/mol. The minimum Gasteiger partial charge on any atom is -0.493 e. The second kappa shape index (κ2) is 12.4. The van der Waals surface area contributed by atoms with E-state index in [1.54, 1.807) is 28.4 Å². The molecule has 0 amide bonds. The minimum atomic E-state index is 0.00261. The molecule has 5 heterocycles. The molecule has 5 aliphatic rings. The van der Waals surface area contributed by atoms with Gasteiger partial charge in [-0.3, -0.25) is 9.80 Å². The Morgan fingerprint density at radius 2 is 1.26 bits per heavy atom. The van der Waals surface area contributed by atoms with Gasteiger partial charge in [0.15, 0.2) is 34.5 Å². The number of nitrogens with zero attached hydrogens (tertiary/aromatic N) is 2. The number of hydrogen-bond acceptors (Lipinski definition) is 8. The highest BCUT2D eigenvalue weighted by atomic mass is 16.5. The van der Waals surface area contributed by atoms with Crippen LogP contribution in [0.3, 0.4) is 0 Å². The maximum Gasteiger partial charge on any atom is 0.204 e. The third-order valence-electron chi connectivity index (χ3n) is 9.85. The van der Waals surface area contributed by atoms with Gasteiger partial charge >= 0.3 is 0 Å². The lowest BCUT2D eigenvalue weighted by molar-refractivity contribution is 0.220. The van der Waals surface area contributed by atoms with Crippen molar-refractivity contribution in [2.45, 2.75) is 37.8 Å². The van der Waals surface area contributed by atoms with Gasteiger partial charge in [0.25, 0.3) is 0 Å². The van der Waals surface area contributed by atoms with Gasteiger partial charge in [0.2, 0.25) is 5.75 Å². The van der Waals surface area contributed by atoms with Gasteiger partial charge in [-0.1, -0.05) is 18.2 Å².